The van der Waals surface area contributed by atoms with Crippen LogP contribution in [-0.4, -0.2) is 28.5 Å². The zero-order valence-corrected chi connectivity index (χ0v) is 13.0. The maximum Gasteiger partial charge on any atom is 0.234 e. The fourth-order valence-corrected chi connectivity index (χ4v) is 3.51. The largest absolute Gasteiger partial charge is 0.507 e. The minimum atomic E-state index is -0.300. The smallest absolute Gasteiger partial charge is 0.234 e. The second-order valence-electron chi connectivity index (χ2n) is 5.80. The van der Waals surface area contributed by atoms with Gasteiger partial charge in [0.1, 0.15) is 5.75 Å². The Hall–Kier alpha value is -1.78. The van der Waals surface area contributed by atoms with Gasteiger partial charge in [-0.3, -0.25) is 9.69 Å². The number of amides is 1. The Morgan fingerprint density at radius 1 is 1.32 bits per heavy atom. The van der Waals surface area contributed by atoms with Gasteiger partial charge in [-0.1, -0.05) is 42.3 Å². The molecule has 1 amide bonds. The van der Waals surface area contributed by atoms with Crippen LogP contribution in [0.4, 0.5) is 0 Å². The third-order valence-electron chi connectivity index (χ3n) is 4.36. The molecule has 3 rings (SSSR count). The van der Waals surface area contributed by atoms with Crippen LogP contribution in [0.15, 0.2) is 30.3 Å². The summed E-state index contributed by atoms with van der Waals surface area (Å²) in [7, 11) is 0. The number of fused-ring (bicyclic) bond motifs is 1. The Morgan fingerprint density at radius 2 is 2.05 bits per heavy atom. The van der Waals surface area contributed by atoms with E-state index in [1.807, 2.05) is 29.2 Å². The molecule has 0 aliphatic carbocycles. The molecular formula is C17H19ClN2O2. The van der Waals surface area contributed by atoms with Crippen molar-refractivity contribution in [1.82, 2.24) is 4.90 Å². The maximum atomic E-state index is 11.6. The van der Waals surface area contributed by atoms with Crippen molar-refractivity contribution in [1.29, 1.82) is 0 Å². The van der Waals surface area contributed by atoms with E-state index >= 15 is 0 Å². The lowest BCUT2D eigenvalue weighted by molar-refractivity contribution is -0.124. The van der Waals surface area contributed by atoms with Gasteiger partial charge in [0.05, 0.1) is 6.04 Å². The molecule has 0 radical (unpaired) electrons. The number of nitrogens with zero attached hydrogens (tertiary/aromatic N) is 1. The Bertz CT molecular complexity index is 717. The normalized spacial score (nSPS) is 19.4. The van der Waals surface area contributed by atoms with Crippen molar-refractivity contribution in [3.05, 3.63) is 40.9 Å². The van der Waals surface area contributed by atoms with E-state index in [1.165, 1.54) is 0 Å². The van der Waals surface area contributed by atoms with E-state index in [0.29, 0.717) is 11.6 Å². The van der Waals surface area contributed by atoms with E-state index in [0.717, 1.165) is 42.1 Å². The van der Waals surface area contributed by atoms with Gasteiger partial charge in [0.2, 0.25) is 5.91 Å². The number of likely N-dealkylation sites (tertiary alicyclic amines) is 1. The van der Waals surface area contributed by atoms with E-state index < -0.39 is 0 Å². The van der Waals surface area contributed by atoms with E-state index in [4.69, 9.17) is 17.3 Å². The van der Waals surface area contributed by atoms with Crippen LogP contribution in [0.2, 0.25) is 5.02 Å². The van der Waals surface area contributed by atoms with Crippen LogP contribution >= 0.6 is 11.6 Å². The predicted molar refractivity (Wildman–Crippen MR) is 87.9 cm³/mol. The first kappa shape index (κ1) is 15.1. The van der Waals surface area contributed by atoms with Crippen molar-refractivity contribution in [2.24, 2.45) is 5.73 Å². The number of halogens is 1. The molecule has 4 nitrogen and oxygen atoms in total. The molecule has 1 atom stereocenters. The quantitative estimate of drug-likeness (QED) is 0.914. The van der Waals surface area contributed by atoms with Gasteiger partial charge in [-0.2, -0.15) is 0 Å². The zero-order chi connectivity index (χ0) is 15.7. The number of nitrogens with two attached hydrogens (primary N) is 1. The van der Waals surface area contributed by atoms with Crippen LogP contribution in [-0.2, 0) is 11.3 Å². The van der Waals surface area contributed by atoms with Crippen LogP contribution in [0.3, 0.4) is 0 Å². The fourth-order valence-electron chi connectivity index (χ4n) is 3.21. The molecule has 22 heavy (non-hydrogen) atoms. The lowest BCUT2D eigenvalue weighted by atomic mass is 9.99. The van der Waals surface area contributed by atoms with Crippen molar-refractivity contribution < 1.29 is 9.90 Å². The number of carbonyl (C=O) groups excluding carboxylic acids is 1. The molecule has 116 valence electrons. The third kappa shape index (κ3) is 2.76. The van der Waals surface area contributed by atoms with Crippen molar-refractivity contribution in [2.45, 2.75) is 31.8 Å². The highest BCUT2D eigenvalue weighted by Gasteiger charge is 2.27. The van der Waals surface area contributed by atoms with Gasteiger partial charge in [-0.25, -0.2) is 0 Å². The minimum Gasteiger partial charge on any atom is -0.507 e. The molecule has 5 heteroatoms. The molecule has 0 bridgehead atoms. The van der Waals surface area contributed by atoms with Gasteiger partial charge in [-0.05, 0) is 25.5 Å². The number of aromatic hydroxyl groups is 1. The molecular weight excluding hydrogens is 300 g/mol. The highest BCUT2D eigenvalue weighted by Crippen LogP contribution is 2.35. The molecule has 2 aromatic carbocycles. The van der Waals surface area contributed by atoms with Crippen LogP contribution in [0, 0.1) is 0 Å². The summed E-state index contributed by atoms with van der Waals surface area (Å²) in [5.74, 6) is -0.0696. The summed E-state index contributed by atoms with van der Waals surface area (Å²) >= 11 is 6.33. The molecule has 0 aromatic heterocycles. The van der Waals surface area contributed by atoms with Gasteiger partial charge in [-0.15, -0.1) is 0 Å². The molecule has 3 N–H and O–H groups in total. The summed E-state index contributed by atoms with van der Waals surface area (Å²) in [5.41, 5.74) is 6.23. The monoisotopic (exact) mass is 318 g/mol. The van der Waals surface area contributed by atoms with E-state index in [1.54, 1.807) is 6.07 Å². The lowest BCUT2D eigenvalue weighted by Crippen LogP contribution is -2.47. The third-order valence-corrected chi connectivity index (χ3v) is 4.67. The molecule has 1 saturated heterocycles. The van der Waals surface area contributed by atoms with Crippen molar-refractivity contribution in [3.63, 3.8) is 0 Å². The number of rotatable bonds is 3. The summed E-state index contributed by atoms with van der Waals surface area (Å²) in [6.45, 7) is 1.28. The molecule has 1 fully saturated rings. The second kappa shape index (κ2) is 6.15. The molecule has 1 aliphatic heterocycles. The molecule has 0 saturated carbocycles. The number of primary amides is 1. The fraction of sp³-hybridized carbons (Fsp3) is 0.353. The Labute approximate surface area is 134 Å². The standard InChI is InChI=1S/C17H19ClN2O2/c18-14-9-11(16(21)13-6-2-1-5-12(13)14)10-20-8-4-3-7-15(20)17(19)22/h1-2,5-6,9,15,21H,3-4,7-8,10H2,(H2,19,22)/t15-/m0/s1. The van der Waals surface area contributed by atoms with Gasteiger partial charge >= 0.3 is 0 Å². The number of phenolic OH excluding ortho intramolecular Hbond substituents is 1. The van der Waals surface area contributed by atoms with E-state index in [-0.39, 0.29) is 17.7 Å². The first-order valence-electron chi connectivity index (χ1n) is 7.50. The Morgan fingerprint density at radius 3 is 2.77 bits per heavy atom. The van der Waals surface area contributed by atoms with Gasteiger partial charge < -0.3 is 10.8 Å². The van der Waals surface area contributed by atoms with Crippen LogP contribution < -0.4 is 5.73 Å². The average Bonchev–Trinajstić information content (AvgIpc) is 2.53. The molecule has 1 heterocycles. The number of piperidine rings is 1. The summed E-state index contributed by atoms with van der Waals surface area (Å²) in [4.78, 5) is 13.6. The Balaban J connectivity index is 1.96. The first-order chi connectivity index (χ1) is 10.6. The minimum absolute atomic E-state index is 0.230. The molecule has 1 aliphatic rings. The molecule has 0 unspecified atom stereocenters. The van der Waals surface area contributed by atoms with Gasteiger partial charge in [0, 0.05) is 27.9 Å². The van der Waals surface area contributed by atoms with Gasteiger partial charge in [0.25, 0.3) is 0 Å². The number of benzene rings is 2. The Kier molecular flexibility index (Phi) is 4.23. The van der Waals surface area contributed by atoms with Gasteiger partial charge in [0.15, 0.2) is 0 Å². The number of carbonyl (C=O) groups is 1. The SMILES string of the molecule is NC(=O)[C@@H]1CCCCN1Cc1cc(Cl)c2ccccc2c1O. The summed E-state index contributed by atoms with van der Waals surface area (Å²) in [6, 6.07) is 9.01. The van der Waals surface area contributed by atoms with Crippen molar-refractivity contribution >= 4 is 28.3 Å². The molecule has 2 aromatic rings. The number of phenols is 1. The maximum absolute atomic E-state index is 11.6. The first-order valence-corrected chi connectivity index (χ1v) is 7.88. The van der Waals surface area contributed by atoms with Crippen molar-refractivity contribution in [3.8, 4) is 5.75 Å². The lowest BCUT2D eigenvalue weighted by Gasteiger charge is -2.33. The topological polar surface area (TPSA) is 66.6 Å². The second-order valence-corrected chi connectivity index (χ2v) is 6.20. The average molecular weight is 319 g/mol. The van der Waals surface area contributed by atoms with Crippen molar-refractivity contribution in [2.75, 3.05) is 6.54 Å². The van der Waals surface area contributed by atoms with E-state index in [9.17, 15) is 9.90 Å². The summed E-state index contributed by atoms with van der Waals surface area (Å²) < 4.78 is 0. The predicted octanol–water partition coefficient (Wildman–Crippen LogP) is 3.04. The number of hydrogen-bond donors (Lipinski definition) is 2. The molecule has 0 spiro atoms. The summed E-state index contributed by atoms with van der Waals surface area (Å²) in [5, 5.41) is 12.7. The highest BCUT2D eigenvalue weighted by atomic mass is 35.5. The zero-order valence-electron chi connectivity index (χ0n) is 12.3. The van der Waals surface area contributed by atoms with Crippen LogP contribution in [0.1, 0.15) is 24.8 Å². The van der Waals surface area contributed by atoms with Crippen LogP contribution in [0.5, 0.6) is 5.75 Å². The summed E-state index contributed by atoms with van der Waals surface area (Å²) in [6.07, 6.45) is 2.82. The van der Waals surface area contributed by atoms with Crippen LogP contribution in [0.25, 0.3) is 10.8 Å². The number of hydrogen-bond acceptors (Lipinski definition) is 3. The van der Waals surface area contributed by atoms with E-state index in [2.05, 4.69) is 0 Å². The highest BCUT2D eigenvalue weighted by molar-refractivity contribution is 6.35.